The molecule has 0 saturated heterocycles. The molecule has 4 nitrogen and oxygen atoms in total. The maximum absolute atomic E-state index is 12.4. The third-order valence-corrected chi connectivity index (χ3v) is 2.97. The number of aromatic nitrogens is 1. The van der Waals surface area contributed by atoms with Gasteiger partial charge in [-0.2, -0.15) is 18.3 Å². The largest absolute Gasteiger partial charge is 0.416 e. The van der Waals surface area contributed by atoms with Gasteiger partial charge in [-0.25, -0.2) is 5.43 Å². The Morgan fingerprint density at radius 2 is 1.95 bits per heavy atom. The van der Waals surface area contributed by atoms with Crippen LogP contribution in [0.25, 0.3) is 0 Å². The zero-order valence-corrected chi connectivity index (χ0v) is 12.0. The Hall–Kier alpha value is -2.09. The van der Waals surface area contributed by atoms with Crippen LogP contribution in [0.4, 0.5) is 13.2 Å². The number of benzene rings is 1. The van der Waals surface area contributed by atoms with Crippen LogP contribution in [0, 0.1) is 0 Å². The summed E-state index contributed by atoms with van der Waals surface area (Å²) >= 11 is 3.19. The molecule has 0 bridgehead atoms. The number of aromatic amines is 1. The average molecular weight is 360 g/mol. The van der Waals surface area contributed by atoms with Crippen molar-refractivity contribution in [1.82, 2.24) is 10.4 Å². The van der Waals surface area contributed by atoms with E-state index in [0.29, 0.717) is 11.3 Å². The Labute approximate surface area is 126 Å². The second-order valence-electron chi connectivity index (χ2n) is 4.05. The predicted molar refractivity (Wildman–Crippen MR) is 75.0 cm³/mol. The summed E-state index contributed by atoms with van der Waals surface area (Å²) in [6.07, 6.45) is -1.52. The zero-order chi connectivity index (χ0) is 15.5. The number of nitrogens with one attached hydrogen (secondary N) is 2. The molecule has 2 N–H and O–H groups in total. The van der Waals surface area contributed by atoms with E-state index in [4.69, 9.17) is 0 Å². The highest BCUT2D eigenvalue weighted by Crippen LogP contribution is 2.28. The van der Waals surface area contributed by atoms with Crippen LogP contribution in [0.5, 0.6) is 0 Å². The molecule has 0 radical (unpaired) electrons. The molecule has 1 heterocycles. The van der Waals surface area contributed by atoms with Crippen molar-refractivity contribution in [3.05, 3.63) is 57.8 Å². The molecule has 0 aliphatic carbocycles. The monoisotopic (exact) mass is 359 g/mol. The summed E-state index contributed by atoms with van der Waals surface area (Å²) < 4.78 is 37.8. The Balaban J connectivity index is 1.97. The molecule has 0 aliphatic rings. The van der Waals surface area contributed by atoms with Crippen molar-refractivity contribution in [2.24, 2.45) is 5.10 Å². The highest BCUT2D eigenvalue weighted by molar-refractivity contribution is 9.10. The van der Waals surface area contributed by atoms with Gasteiger partial charge in [0.15, 0.2) is 0 Å². The van der Waals surface area contributed by atoms with Gasteiger partial charge < -0.3 is 4.98 Å². The van der Waals surface area contributed by atoms with Crippen LogP contribution in [0.1, 0.15) is 21.6 Å². The normalized spacial score (nSPS) is 11.8. The quantitative estimate of drug-likeness (QED) is 0.638. The summed E-state index contributed by atoms with van der Waals surface area (Å²) in [7, 11) is 0. The van der Waals surface area contributed by atoms with Gasteiger partial charge in [0.05, 0.1) is 11.8 Å². The fraction of sp³-hybridized carbons (Fsp3) is 0.0769. The Bertz CT molecular complexity index is 662. The summed E-state index contributed by atoms with van der Waals surface area (Å²) in [5.41, 5.74) is 2.28. The van der Waals surface area contributed by atoms with Crippen molar-refractivity contribution >= 4 is 28.1 Å². The van der Waals surface area contributed by atoms with E-state index >= 15 is 0 Å². The Morgan fingerprint density at radius 3 is 2.48 bits per heavy atom. The van der Waals surface area contributed by atoms with Gasteiger partial charge in [0.2, 0.25) is 0 Å². The Morgan fingerprint density at radius 1 is 1.29 bits per heavy atom. The van der Waals surface area contributed by atoms with Gasteiger partial charge in [0.25, 0.3) is 5.91 Å². The third kappa shape index (κ3) is 4.19. The summed E-state index contributed by atoms with van der Waals surface area (Å²) in [5.74, 6) is -0.455. The lowest BCUT2D eigenvalue weighted by atomic mass is 10.1. The van der Waals surface area contributed by atoms with Crippen molar-refractivity contribution in [1.29, 1.82) is 0 Å². The highest BCUT2D eigenvalue weighted by atomic mass is 79.9. The lowest BCUT2D eigenvalue weighted by Crippen LogP contribution is -2.17. The number of H-pyrrole nitrogens is 1. The highest BCUT2D eigenvalue weighted by Gasteiger charge is 2.29. The fourth-order valence-corrected chi connectivity index (χ4v) is 1.83. The lowest BCUT2D eigenvalue weighted by Gasteiger charge is -2.05. The molecule has 0 saturated carbocycles. The van der Waals surface area contributed by atoms with Gasteiger partial charge in [-0.3, -0.25) is 4.79 Å². The molecular formula is C13H9BrF3N3O. The molecule has 2 rings (SSSR count). The number of nitrogens with zero attached hydrogens (tertiary/aromatic N) is 1. The maximum atomic E-state index is 12.4. The van der Waals surface area contributed by atoms with E-state index in [1.165, 1.54) is 18.3 Å². The van der Waals surface area contributed by atoms with Crippen molar-refractivity contribution in [3.63, 3.8) is 0 Å². The van der Waals surface area contributed by atoms with Crippen molar-refractivity contribution in [2.45, 2.75) is 6.18 Å². The van der Waals surface area contributed by atoms with Crippen LogP contribution < -0.4 is 5.43 Å². The number of halogens is 4. The minimum Gasteiger partial charge on any atom is -0.356 e. The van der Waals surface area contributed by atoms with Crippen molar-refractivity contribution in [3.8, 4) is 0 Å². The lowest BCUT2D eigenvalue weighted by molar-refractivity contribution is -0.137. The first-order valence-corrected chi connectivity index (χ1v) is 6.50. The molecule has 21 heavy (non-hydrogen) atoms. The molecule has 2 aromatic rings. The van der Waals surface area contributed by atoms with Crippen LogP contribution in [0.2, 0.25) is 0 Å². The number of amides is 1. The molecule has 0 aliphatic heterocycles. The smallest absolute Gasteiger partial charge is 0.356 e. The molecule has 1 amide bonds. The minimum atomic E-state index is -4.37. The summed E-state index contributed by atoms with van der Waals surface area (Å²) in [4.78, 5) is 14.3. The molecule has 110 valence electrons. The molecule has 0 atom stereocenters. The first-order valence-electron chi connectivity index (χ1n) is 5.71. The molecular weight excluding hydrogens is 351 g/mol. The number of alkyl halides is 3. The molecule has 1 aromatic carbocycles. The average Bonchev–Trinajstić information content (AvgIpc) is 2.85. The van der Waals surface area contributed by atoms with E-state index in [0.717, 1.165) is 16.6 Å². The molecule has 0 spiro atoms. The second kappa shape index (κ2) is 6.13. The molecule has 8 heteroatoms. The van der Waals surface area contributed by atoms with E-state index in [2.05, 4.69) is 31.4 Å². The van der Waals surface area contributed by atoms with E-state index in [-0.39, 0.29) is 0 Å². The number of carbonyl (C=O) groups excluding carboxylic acids is 1. The SMILES string of the molecule is O=C(N/N=C\c1ccc(C(F)(F)F)cc1)c1cc(Br)c[nH]1. The number of hydrogen-bond acceptors (Lipinski definition) is 2. The van der Waals surface area contributed by atoms with Crippen LogP contribution in [-0.4, -0.2) is 17.1 Å². The van der Waals surface area contributed by atoms with Crippen LogP contribution in [-0.2, 0) is 6.18 Å². The molecule has 1 aromatic heterocycles. The van der Waals surface area contributed by atoms with Gasteiger partial charge in [-0.05, 0) is 39.7 Å². The van der Waals surface area contributed by atoms with Crippen LogP contribution in [0.15, 0.2) is 46.1 Å². The number of carbonyl (C=O) groups is 1. The first kappa shape index (κ1) is 15.3. The van der Waals surface area contributed by atoms with Crippen molar-refractivity contribution in [2.75, 3.05) is 0 Å². The maximum Gasteiger partial charge on any atom is 0.416 e. The van der Waals surface area contributed by atoms with Gasteiger partial charge in [0, 0.05) is 10.7 Å². The van der Waals surface area contributed by atoms with E-state index < -0.39 is 17.6 Å². The summed E-state index contributed by atoms with van der Waals surface area (Å²) in [5, 5.41) is 3.68. The summed E-state index contributed by atoms with van der Waals surface area (Å²) in [6.45, 7) is 0. The summed E-state index contributed by atoms with van der Waals surface area (Å²) in [6, 6.07) is 6.01. The van der Waals surface area contributed by atoms with Gasteiger partial charge in [-0.1, -0.05) is 12.1 Å². The Kier molecular flexibility index (Phi) is 4.46. The standard InChI is InChI=1S/C13H9BrF3N3O/c14-10-5-11(18-7-10)12(21)20-19-6-8-1-3-9(4-2-8)13(15,16)17/h1-7,18H,(H,20,21)/b19-6-. The molecule has 0 fully saturated rings. The van der Waals surface area contributed by atoms with E-state index in [9.17, 15) is 18.0 Å². The van der Waals surface area contributed by atoms with Crippen molar-refractivity contribution < 1.29 is 18.0 Å². The van der Waals surface area contributed by atoms with Crippen LogP contribution in [0.3, 0.4) is 0 Å². The number of rotatable bonds is 3. The van der Waals surface area contributed by atoms with Gasteiger partial charge >= 0.3 is 6.18 Å². The second-order valence-corrected chi connectivity index (χ2v) is 4.97. The topological polar surface area (TPSA) is 57.2 Å². The number of hydrazone groups is 1. The number of hydrogen-bond donors (Lipinski definition) is 2. The fourth-order valence-electron chi connectivity index (χ4n) is 1.48. The predicted octanol–water partition coefficient (Wildman–Crippen LogP) is 3.56. The first-order chi connectivity index (χ1) is 9.86. The molecule has 0 unspecified atom stereocenters. The van der Waals surface area contributed by atoms with Crippen LogP contribution >= 0.6 is 15.9 Å². The third-order valence-electron chi connectivity index (χ3n) is 2.51. The van der Waals surface area contributed by atoms with E-state index in [1.807, 2.05) is 0 Å². The van der Waals surface area contributed by atoms with E-state index in [1.54, 1.807) is 12.3 Å². The van der Waals surface area contributed by atoms with Gasteiger partial charge in [0.1, 0.15) is 5.69 Å². The zero-order valence-electron chi connectivity index (χ0n) is 10.4. The minimum absolute atomic E-state index is 0.312. The van der Waals surface area contributed by atoms with Gasteiger partial charge in [-0.15, -0.1) is 0 Å².